The molecule has 1 aliphatic heterocycles. The third-order valence-corrected chi connectivity index (χ3v) is 5.74. The Morgan fingerprint density at radius 2 is 1.97 bits per heavy atom. The van der Waals surface area contributed by atoms with Crippen LogP contribution in [0, 0.1) is 26.7 Å². The van der Waals surface area contributed by atoms with Gasteiger partial charge in [0, 0.05) is 38.7 Å². The van der Waals surface area contributed by atoms with E-state index in [9.17, 15) is 9.59 Å². The van der Waals surface area contributed by atoms with E-state index in [0.29, 0.717) is 39.0 Å². The standard InChI is InChI=1S/C22H28N6O2/c1-14-10-18-19(11-15(14)2)25-20(24-18)4-5-21(29)27-12-17(13-27)22(30)23-7-9-28-8-6-16(3)26-28/h6,8,10-11,17H,4-5,7,9,12-13H2,1-3H3,(H,23,30)(H,24,25). The van der Waals surface area contributed by atoms with Crippen LogP contribution in [0.1, 0.15) is 29.1 Å². The zero-order chi connectivity index (χ0) is 21.3. The molecule has 0 atom stereocenters. The summed E-state index contributed by atoms with van der Waals surface area (Å²) in [5, 5.41) is 7.23. The second-order valence-corrected chi connectivity index (χ2v) is 8.14. The lowest BCUT2D eigenvalue weighted by Crippen LogP contribution is -2.56. The minimum Gasteiger partial charge on any atom is -0.354 e. The molecule has 4 rings (SSSR count). The van der Waals surface area contributed by atoms with Gasteiger partial charge in [0.05, 0.1) is 29.2 Å². The van der Waals surface area contributed by atoms with Crippen LogP contribution in [-0.4, -0.2) is 56.1 Å². The normalized spacial score (nSPS) is 14.2. The van der Waals surface area contributed by atoms with Crippen LogP contribution in [-0.2, 0) is 22.6 Å². The first-order valence-corrected chi connectivity index (χ1v) is 10.4. The number of benzene rings is 1. The van der Waals surface area contributed by atoms with Crippen molar-refractivity contribution in [2.24, 2.45) is 5.92 Å². The summed E-state index contributed by atoms with van der Waals surface area (Å²) >= 11 is 0. The summed E-state index contributed by atoms with van der Waals surface area (Å²) in [4.78, 5) is 34.3. The maximum absolute atomic E-state index is 12.4. The molecule has 8 heteroatoms. The maximum atomic E-state index is 12.4. The molecule has 2 amide bonds. The van der Waals surface area contributed by atoms with Gasteiger partial charge in [-0.1, -0.05) is 0 Å². The third-order valence-electron chi connectivity index (χ3n) is 5.74. The Bertz CT molecular complexity index is 1040. The minimum atomic E-state index is -0.120. The smallest absolute Gasteiger partial charge is 0.226 e. The largest absolute Gasteiger partial charge is 0.354 e. The molecule has 30 heavy (non-hydrogen) atoms. The molecule has 1 aliphatic rings. The molecule has 1 saturated heterocycles. The van der Waals surface area contributed by atoms with Gasteiger partial charge in [-0.3, -0.25) is 14.3 Å². The number of aromatic nitrogens is 4. The Kier molecular flexibility index (Phi) is 5.57. The zero-order valence-corrected chi connectivity index (χ0v) is 17.7. The van der Waals surface area contributed by atoms with Crippen molar-refractivity contribution < 1.29 is 9.59 Å². The van der Waals surface area contributed by atoms with Crippen molar-refractivity contribution in [2.45, 2.75) is 40.2 Å². The van der Waals surface area contributed by atoms with Gasteiger partial charge in [0.25, 0.3) is 0 Å². The third kappa shape index (κ3) is 4.37. The number of nitrogens with zero attached hydrogens (tertiary/aromatic N) is 4. The quantitative estimate of drug-likeness (QED) is 0.624. The Hall–Kier alpha value is -3.16. The average molecular weight is 409 g/mol. The van der Waals surface area contributed by atoms with Gasteiger partial charge in [0.15, 0.2) is 0 Å². The molecule has 0 saturated carbocycles. The number of hydrogen-bond acceptors (Lipinski definition) is 4. The van der Waals surface area contributed by atoms with Crippen LogP contribution in [0.3, 0.4) is 0 Å². The van der Waals surface area contributed by atoms with E-state index in [1.165, 1.54) is 11.1 Å². The second-order valence-electron chi connectivity index (χ2n) is 8.14. The monoisotopic (exact) mass is 408 g/mol. The number of nitrogens with one attached hydrogen (secondary N) is 2. The van der Waals surface area contributed by atoms with E-state index < -0.39 is 0 Å². The van der Waals surface area contributed by atoms with Crippen molar-refractivity contribution in [1.82, 2.24) is 30.0 Å². The predicted octanol–water partition coefficient (Wildman–Crippen LogP) is 1.89. The fourth-order valence-corrected chi connectivity index (χ4v) is 3.70. The SMILES string of the molecule is Cc1ccn(CCNC(=O)C2CN(C(=O)CCc3nc4cc(C)c(C)cc4[nH]3)C2)n1. The molecule has 3 heterocycles. The first-order chi connectivity index (χ1) is 14.4. The number of H-pyrrole nitrogens is 1. The number of rotatable bonds is 7. The number of aromatic amines is 1. The van der Waals surface area contributed by atoms with Crippen molar-refractivity contribution in [1.29, 1.82) is 0 Å². The van der Waals surface area contributed by atoms with Gasteiger partial charge in [-0.2, -0.15) is 5.10 Å². The summed E-state index contributed by atoms with van der Waals surface area (Å²) in [5.74, 6) is 0.780. The number of amides is 2. The van der Waals surface area contributed by atoms with E-state index in [2.05, 4.69) is 46.4 Å². The predicted molar refractivity (Wildman–Crippen MR) is 114 cm³/mol. The molecule has 8 nitrogen and oxygen atoms in total. The van der Waals surface area contributed by atoms with Gasteiger partial charge < -0.3 is 15.2 Å². The molecule has 0 spiro atoms. The maximum Gasteiger partial charge on any atom is 0.226 e. The van der Waals surface area contributed by atoms with Gasteiger partial charge in [-0.25, -0.2) is 4.98 Å². The highest BCUT2D eigenvalue weighted by atomic mass is 16.2. The van der Waals surface area contributed by atoms with Crippen LogP contribution in [0.5, 0.6) is 0 Å². The van der Waals surface area contributed by atoms with Crippen molar-refractivity contribution >= 4 is 22.8 Å². The molecule has 2 N–H and O–H groups in total. The lowest BCUT2D eigenvalue weighted by molar-refractivity contribution is -0.143. The van der Waals surface area contributed by atoms with E-state index in [-0.39, 0.29) is 17.7 Å². The van der Waals surface area contributed by atoms with E-state index in [0.717, 1.165) is 22.6 Å². The highest BCUT2D eigenvalue weighted by molar-refractivity contribution is 5.84. The van der Waals surface area contributed by atoms with E-state index in [1.807, 2.05) is 23.9 Å². The fraction of sp³-hybridized carbons (Fsp3) is 0.455. The van der Waals surface area contributed by atoms with Gasteiger partial charge >= 0.3 is 0 Å². The Morgan fingerprint density at radius 1 is 1.20 bits per heavy atom. The number of hydrogen-bond donors (Lipinski definition) is 2. The molecule has 0 radical (unpaired) electrons. The Balaban J connectivity index is 1.19. The number of aryl methyl sites for hydroxylation is 4. The topological polar surface area (TPSA) is 95.9 Å². The number of imidazole rings is 1. The highest BCUT2D eigenvalue weighted by Crippen LogP contribution is 2.20. The van der Waals surface area contributed by atoms with Crippen LogP contribution in [0.4, 0.5) is 0 Å². The van der Waals surface area contributed by atoms with E-state index >= 15 is 0 Å². The van der Waals surface area contributed by atoms with Crippen molar-refractivity contribution in [3.63, 3.8) is 0 Å². The van der Waals surface area contributed by atoms with Gasteiger partial charge in [-0.05, 0) is 50.1 Å². The van der Waals surface area contributed by atoms with Crippen LogP contribution >= 0.6 is 0 Å². The first kappa shape index (κ1) is 20.1. The highest BCUT2D eigenvalue weighted by Gasteiger charge is 2.35. The zero-order valence-electron chi connectivity index (χ0n) is 17.7. The second kappa shape index (κ2) is 8.30. The van der Waals surface area contributed by atoms with Crippen LogP contribution in [0.2, 0.25) is 0 Å². The van der Waals surface area contributed by atoms with Crippen LogP contribution in [0.25, 0.3) is 11.0 Å². The van der Waals surface area contributed by atoms with Gasteiger partial charge in [0.1, 0.15) is 5.82 Å². The van der Waals surface area contributed by atoms with Gasteiger partial charge in [0.2, 0.25) is 11.8 Å². The lowest BCUT2D eigenvalue weighted by atomic mass is 9.98. The lowest BCUT2D eigenvalue weighted by Gasteiger charge is -2.38. The van der Waals surface area contributed by atoms with Crippen LogP contribution in [0.15, 0.2) is 24.4 Å². The summed E-state index contributed by atoms with van der Waals surface area (Å²) in [5.41, 5.74) is 5.33. The Morgan fingerprint density at radius 3 is 2.70 bits per heavy atom. The average Bonchev–Trinajstić information content (AvgIpc) is 3.24. The number of carbonyl (C=O) groups excluding carboxylic acids is 2. The molecule has 1 fully saturated rings. The summed E-state index contributed by atoms with van der Waals surface area (Å²) in [6.07, 6.45) is 2.86. The fourth-order valence-electron chi connectivity index (χ4n) is 3.70. The summed E-state index contributed by atoms with van der Waals surface area (Å²) in [7, 11) is 0. The van der Waals surface area contributed by atoms with Crippen molar-refractivity contribution in [2.75, 3.05) is 19.6 Å². The first-order valence-electron chi connectivity index (χ1n) is 10.4. The molecule has 2 aromatic heterocycles. The number of likely N-dealkylation sites (tertiary alicyclic amines) is 1. The minimum absolute atomic E-state index is 0.00551. The van der Waals surface area contributed by atoms with E-state index in [1.54, 1.807) is 4.90 Å². The molecule has 1 aromatic carbocycles. The molecule has 0 bridgehead atoms. The summed E-state index contributed by atoms with van der Waals surface area (Å²) in [6.45, 7) is 8.25. The van der Waals surface area contributed by atoms with Crippen LogP contribution < -0.4 is 5.32 Å². The molecular weight excluding hydrogens is 380 g/mol. The summed E-state index contributed by atoms with van der Waals surface area (Å²) < 4.78 is 1.81. The molecular formula is C22H28N6O2. The number of fused-ring (bicyclic) bond motifs is 1. The summed E-state index contributed by atoms with van der Waals surface area (Å²) in [6, 6.07) is 6.10. The molecule has 0 unspecified atom stereocenters. The van der Waals surface area contributed by atoms with Gasteiger partial charge in [-0.15, -0.1) is 0 Å². The number of carbonyl (C=O) groups is 2. The molecule has 3 aromatic rings. The van der Waals surface area contributed by atoms with E-state index in [4.69, 9.17) is 0 Å². The molecule has 158 valence electrons. The molecule has 0 aliphatic carbocycles. The van der Waals surface area contributed by atoms with Crippen molar-refractivity contribution in [3.8, 4) is 0 Å². The Labute approximate surface area is 175 Å². The van der Waals surface area contributed by atoms with Crippen molar-refractivity contribution in [3.05, 3.63) is 47.0 Å².